The van der Waals surface area contributed by atoms with Crippen molar-refractivity contribution >= 4 is 27.2 Å². The lowest BCUT2D eigenvalue weighted by atomic mass is 10.1. The fraction of sp³-hybridized carbons (Fsp3) is 0.333. The molecule has 0 saturated heterocycles. The minimum absolute atomic E-state index is 0.130. The van der Waals surface area contributed by atoms with Crippen LogP contribution in [0.15, 0.2) is 54.6 Å². The third kappa shape index (κ3) is 6.51. The average molecular weight is 447 g/mol. The summed E-state index contributed by atoms with van der Waals surface area (Å²) in [6, 6.07) is 17.7. The molecule has 1 aromatic heterocycles. The van der Waals surface area contributed by atoms with Crippen molar-refractivity contribution in [2.75, 3.05) is 24.6 Å². The molecule has 1 atom stereocenters. The van der Waals surface area contributed by atoms with Crippen molar-refractivity contribution in [1.29, 1.82) is 0 Å². The van der Waals surface area contributed by atoms with Gasteiger partial charge in [0.1, 0.15) is 5.01 Å². The van der Waals surface area contributed by atoms with Crippen LogP contribution in [0.1, 0.15) is 18.9 Å². The van der Waals surface area contributed by atoms with Crippen molar-refractivity contribution in [1.82, 2.24) is 14.3 Å². The lowest BCUT2D eigenvalue weighted by molar-refractivity contribution is 0.0359. The van der Waals surface area contributed by atoms with E-state index in [0.717, 1.165) is 41.8 Å². The summed E-state index contributed by atoms with van der Waals surface area (Å²) in [6.07, 6.45) is 2.62. The Balaban J connectivity index is 1.55. The standard InChI is InChI=1S/C21H26N4O3S2/c1-4-19(28-21-22-20(29-23-21)17-8-6-5-7-9-17)25(2)15-14-16-10-12-18(13-11-16)24-30(3,26)27/h5-13,19,24H,4,14-15H2,1-3H3. The van der Waals surface area contributed by atoms with Gasteiger partial charge in [0, 0.05) is 17.8 Å². The Morgan fingerprint density at radius 2 is 1.83 bits per heavy atom. The third-order valence-corrected chi connectivity index (χ3v) is 5.87. The molecule has 0 radical (unpaired) electrons. The van der Waals surface area contributed by atoms with Gasteiger partial charge in [-0.25, -0.2) is 8.42 Å². The number of nitrogens with zero attached hydrogens (tertiary/aromatic N) is 3. The molecule has 30 heavy (non-hydrogen) atoms. The molecule has 9 heteroatoms. The zero-order chi connectivity index (χ0) is 21.6. The molecule has 0 fully saturated rings. The second-order valence-electron chi connectivity index (χ2n) is 7.03. The summed E-state index contributed by atoms with van der Waals surface area (Å²) in [7, 11) is -1.25. The summed E-state index contributed by atoms with van der Waals surface area (Å²) in [4.78, 5) is 6.64. The fourth-order valence-electron chi connectivity index (χ4n) is 2.97. The number of aromatic nitrogens is 2. The molecule has 3 rings (SSSR count). The molecule has 160 valence electrons. The van der Waals surface area contributed by atoms with Crippen molar-refractivity contribution in [3.63, 3.8) is 0 Å². The first-order valence-corrected chi connectivity index (χ1v) is 12.3. The lowest BCUT2D eigenvalue weighted by Gasteiger charge is -2.26. The van der Waals surface area contributed by atoms with E-state index in [0.29, 0.717) is 11.7 Å². The topological polar surface area (TPSA) is 84.4 Å². The van der Waals surface area contributed by atoms with Crippen molar-refractivity contribution < 1.29 is 13.2 Å². The number of anilines is 1. The molecule has 7 nitrogen and oxygen atoms in total. The predicted octanol–water partition coefficient (Wildman–Crippen LogP) is 3.87. The predicted molar refractivity (Wildman–Crippen MR) is 121 cm³/mol. The first-order valence-electron chi connectivity index (χ1n) is 9.67. The minimum atomic E-state index is -3.26. The van der Waals surface area contributed by atoms with Crippen LogP contribution in [0.4, 0.5) is 5.69 Å². The molecule has 0 aliphatic rings. The van der Waals surface area contributed by atoms with Crippen LogP contribution >= 0.6 is 11.5 Å². The summed E-state index contributed by atoms with van der Waals surface area (Å²) < 4.78 is 35.4. The number of rotatable bonds is 10. The molecule has 1 N–H and O–H groups in total. The fourth-order valence-corrected chi connectivity index (χ4v) is 4.14. The molecule has 1 unspecified atom stereocenters. The molecule has 1 heterocycles. The van der Waals surface area contributed by atoms with E-state index in [1.807, 2.05) is 49.5 Å². The summed E-state index contributed by atoms with van der Waals surface area (Å²) in [5.41, 5.74) is 2.71. The van der Waals surface area contributed by atoms with Crippen molar-refractivity contribution in [3.05, 3.63) is 60.2 Å². The highest BCUT2D eigenvalue weighted by Gasteiger charge is 2.17. The average Bonchev–Trinajstić information content (AvgIpc) is 3.19. The monoisotopic (exact) mass is 446 g/mol. The maximum Gasteiger partial charge on any atom is 0.330 e. The lowest BCUT2D eigenvalue weighted by Crippen LogP contribution is -2.37. The van der Waals surface area contributed by atoms with Crippen LogP contribution in [0.25, 0.3) is 10.6 Å². The number of ether oxygens (including phenoxy) is 1. The molecular weight excluding hydrogens is 420 g/mol. The Morgan fingerprint density at radius 1 is 1.13 bits per heavy atom. The van der Waals surface area contributed by atoms with E-state index in [1.54, 1.807) is 12.1 Å². The van der Waals surface area contributed by atoms with Gasteiger partial charge in [-0.2, -0.15) is 4.98 Å². The van der Waals surface area contributed by atoms with E-state index in [2.05, 4.69) is 25.9 Å². The van der Waals surface area contributed by atoms with Gasteiger partial charge in [-0.15, -0.1) is 4.37 Å². The summed E-state index contributed by atoms with van der Waals surface area (Å²) in [6.45, 7) is 2.85. The van der Waals surface area contributed by atoms with E-state index in [-0.39, 0.29) is 6.23 Å². The summed E-state index contributed by atoms with van der Waals surface area (Å²) >= 11 is 1.33. The molecule has 0 aliphatic carbocycles. The second-order valence-corrected chi connectivity index (χ2v) is 9.53. The Morgan fingerprint density at radius 3 is 2.47 bits per heavy atom. The second kappa shape index (κ2) is 10.0. The van der Waals surface area contributed by atoms with Gasteiger partial charge in [0.25, 0.3) is 0 Å². The zero-order valence-electron chi connectivity index (χ0n) is 17.3. The van der Waals surface area contributed by atoms with Gasteiger partial charge in [-0.05, 0) is 49.1 Å². The van der Waals surface area contributed by atoms with E-state index in [4.69, 9.17) is 4.74 Å². The maximum absolute atomic E-state index is 11.3. The molecule has 3 aromatic rings. The number of nitrogens with one attached hydrogen (secondary N) is 1. The van der Waals surface area contributed by atoms with Crippen molar-refractivity contribution in [3.8, 4) is 16.6 Å². The number of sulfonamides is 1. The molecule has 2 aromatic carbocycles. The molecule has 0 saturated carbocycles. The summed E-state index contributed by atoms with van der Waals surface area (Å²) in [5, 5.41) is 0.839. The van der Waals surface area contributed by atoms with Crippen molar-refractivity contribution in [2.45, 2.75) is 26.0 Å². The first kappa shape index (κ1) is 22.2. The Labute approximate surface area is 182 Å². The van der Waals surface area contributed by atoms with Crippen LogP contribution in [-0.4, -0.2) is 48.8 Å². The first-order chi connectivity index (χ1) is 14.3. The quantitative estimate of drug-likeness (QED) is 0.476. The van der Waals surface area contributed by atoms with Gasteiger partial charge < -0.3 is 4.74 Å². The van der Waals surface area contributed by atoms with Gasteiger partial charge in [0.2, 0.25) is 10.0 Å². The van der Waals surface area contributed by atoms with Crippen LogP contribution in [-0.2, 0) is 16.4 Å². The highest BCUT2D eigenvalue weighted by molar-refractivity contribution is 7.92. The number of hydrogen-bond donors (Lipinski definition) is 1. The highest BCUT2D eigenvalue weighted by Crippen LogP contribution is 2.24. The van der Waals surface area contributed by atoms with E-state index >= 15 is 0 Å². The molecule has 0 aliphatic heterocycles. The number of hydrogen-bond acceptors (Lipinski definition) is 7. The van der Waals surface area contributed by atoms with Crippen LogP contribution in [0, 0.1) is 0 Å². The maximum atomic E-state index is 11.3. The normalized spacial score (nSPS) is 12.7. The van der Waals surface area contributed by atoms with Crippen LogP contribution in [0.2, 0.25) is 0 Å². The Hall–Kier alpha value is -2.49. The highest BCUT2D eigenvalue weighted by atomic mass is 32.2. The van der Waals surface area contributed by atoms with Gasteiger partial charge in [-0.3, -0.25) is 9.62 Å². The van der Waals surface area contributed by atoms with Gasteiger partial charge >= 0.3 is 6.01 Å². The SMILES string of the molecule is CCC(Oc1nsc(-c2ccccc2)n1)N(C)CCc1ccc(NS(C)(=O)=O)cc1. The smallest absolute Gasteiger partial charge is 0.330 e. The van der Waals surface area contributed by atoms with Crippen LogP contribution in [0.3, 0.4) is 0 Å². The number of benzene rings is 2. The third-order valence-electron chi connectivity index (χ3n) is 4.52. The minimum Gasteiger partial charge on any atom is -0.443 e. The molecule has 0 spiro atoms. The number of likely N-dealkylation sites (N-methyl/N-ethyl adjacent to an activating group) is 1. The molecular formula is C21H26N4O3S2. The molecule has 0 bridgehead atoms. The Bertz CT molecular complexity index is 1040. The van der Waals surface area contributed by atoms with Crippen LogP contribution in [0.5, 0.6) is 6.01 Å². The Kier molecular flexibility index (Phi) is 7.41. The van der Waals surface area contributed by atoms with E-state index in [9.17, 15) is 8.42 Å². The zero-order valence-corrected chi connectivity index (χ0v) is 18.9. The van der Waals surface area contributed by atoms with Gasteiger partial charge in [0.15, 0.2) is 6.23 Å². The van der Waals surface area contributed by atoms with Gasteiger partial charge in [0.05, 0.1) is 6.26 Å². The summed E-state index contributed by atoms with van der Waals surface area (Å²) in [5.74, 6) is 0. The van der Waals surface area contributed by atoms with E-state index < -0.39 is 10.0 Å². The van der Waals surface area contributed by atoms with Crippen molar-refractivity contribution in [2.24, 2.45) is 0 Å². The van der Waals surface area contributed by atoms with Crippen LogP contribution < -0.4 is 9.46 Å². The van der Waals surface area contributed by atoms with E-state index in [1.165, 1.54) is 11.5 Å². The largest absolute Gasteiger partial charge is 0.443 e. The van der Waals surface area contributed by atoms with Gasteiger partial charge in [-0.1, -0.05) is 49.4 Å². The molecule has 0 amide bonds.